The predicted molar refractivity (Wildman–Crippen MR) is 58.6 cm³/mol. The molecule has 0 aliphatic heterocycles. The monoisotopic (exact) mass is 208 g/mol. The van der Waals surface area contributed by atoms with Gasteiger partial charge in [-0.3, -0.25) is 4.79 Å². The van der Waals surface area contributed by atoms with Gasteiger partial charge in [0, 0.05) is 12.6 Å². The maximum Gasteiger partial charge on any atom is 0.305 e. The molecule has 15 heavy (non-hydrogen) atoms. The van der Waals surface area contributed by atoms with Crippen molar-refractivity contribution in [2.24, 2.45) is 0 Å². The van der Waals surface area contributed by atoms with Gasteiger partial charge >= 0.3 is 5.97 Å². The van der Waals surface area contributed by atoms with Crippen LogP contribution in [-0.2, 0) is 9.53 Å². The van der Waals surface area contributed by atoms with Gasteiger partial charge in [-0.25, -0.2) is 4.98 Å². The van der Waals surface area contributed by atoms with E-state index in [1.165, 1.54) is 0 Å². The topological polar surface area (TPSA) is 51.2 Å². The number of rotatable bonds is 6. The molecule has 0 saturated carbocycles. The van der Waals surface area contributed by atoms with E-state index in [4.69, 9.17) is 4.74 Å². The second kappa shape index (κ2) is 6.81. The molecule has 0 atom stereocenters. The maximum atomic E-state index is 11.0. The van der Waals surface area contributed by atoms with Crippen LogP contribution in [0.15, 0.2) is 24.4 Å². The van der Waals surface area contributed by atoms with Gasteiger partial charge in [0.05, 0.1) is 6.54 Å². The summed E-state index contributed by atoms with van der Waals surface area (Å²) in [5.41, 5.74) is 0. The molecule has 4 heteroatoms. The molecule has 0 bridgehead atoms. The number of nitrogens with one attached hydrogen (secondary N) is 1. The molecule has 0 spiro atoms. The van der Waals surface area contributed by atoms with Crippen LogP contribution >= 0.6 is 0 Å². The van der Waals surface area contributed by atoms with Crippen LogP contribution in [0.25, 0.3) is 0 Å². The van der Waals surface area contributed by atoms with Gasteiger partial charge in [-0.1, -0.05) is 13.0 Å². The third kappa shape index (κ3) is 5.00. The SMILES string of the molecule is CCCC(=O)OCCNc1ccccn1. The minimum absolute atomic E-state index is 0.139. The third-order valence-electron chi connectivity index (χ3n) is 1.79. The summed E-state index contributed by atoms with van der Waals surface area (Å²) in [5, 5.41) is 3.05. The van der Waals surface area contributed by atoms with E-state index in [0.29, 0.717) is 19.6 Å². The van der Waals surface area contributed by atoms with Gasteiger partial charge in [0.2, 0.25) is 0 Å². The fraction of sp³-hybridized carbons (Fsp3) is 0.455. The molecular weight excluding hydrogens is 192 g/mol. The summed E-state index contributed by atoms with van der Waals surface area (Å²) < 4.78 is 4.97. The zero-order valence-corrected chi connectivity index (χ0v) is 8.90. The van der Waals surface area contributed by atoms with Crippen molar-refractivity contribution in [3.05, 3.63) is 24.4 Å². The van der Waals surface area contributed by atoms with E-state index in [0.717, 1.165) is 12.2 Å². The highest BCUT2D eigenvalue weighted by atomic mass is 16.5. The van der Waals surface area contributed by atoms with Crippen molar-refractivity contribution in [3.8, 4) is 0 Å². The molecule has 1 heterocycles. The Balaban J connectivity index is 2.10. The molecule has 0 aliphatic rings. The van der Waals surface area contributed by atoms with Gasteiger partial charge in [-0.15, -0.1) is 0 Å². The molecule has 0 amide bonds. The highest BCUT2D eigenvalue weighted by Gasteiger charge is 1.99. The number of anilines is 1. The molecule has 0 fully saturated rings. The lowest BCUT2D eigenvalue weighted by molar-refractivity contribution is -0.143. The average molecular weight is 208 g/mol. The Hall–Kier alpha value is -1.58. The van der Waals surface area contributed by atoms with Crippen LogP contribution in [0, 0.1) is 0 Å². The lowest BCUT2D eigenvalue weighted by atomic mass is 10.3. The molecule has 82 valence electrons. The van der Waals surface area contributed by atoms with Crippen LogP contribution in [0.4, 0.5) is 5.82 Å². The number of carbonyl (C=O) groups is 1. The fourth-order valence-electron chi connectivity index (χ4n) is 1.09. The van der Waals surface area contributed by atoms with Crippen molar-refractivity contribution >= 4 is 11.8 Å². The summed E-state index contributed by atoms with van der Waals surface area (Å²) in [6.45, 7) is 2.93. The number of aromatic nitrogens is 1. The highest BCUT2D eigenvalue weighted by Crippen LogP contribution is 1.98. The molecule has 0 saturated heterocycles. The van der Waals surface area contributed by atoms with Crippen molar-refractivity contribution < 1.29 is 9.53 Å². The van der Waals surface area contributed by atoms with E-state index in [-0.39, 0.29) is 5.97 Å². The largest absolute Gasteiger partial charge is 0.464 e. The maximum absolute atomic E-state index is 11.0. The standard InChI is InChI=1S/C11H16N2O2/c1-2-5-11(14)15-9-8-13-10-6-3-4-7-12-10/h3-4,6-7H,2,5,8-9H2,1H3,(H,12,13). The lowest BCUT2D eigenvalue weighted by Gasteiger charge is -2.05. The Morgan fingerprint density at radius 3 is 3.07 bits per heavy atom. The van der Waals surface area contributed by atoms with Gasteiger partial charge in [0.25, 0.3) is 0 Å². The Morgan fingerprint density at radius 1 is 1.53 bits per heavy atom. The van der Waals surface area contributed by atoms with Crippen LogP contribution in [0.1, 0.15) is 19.8 Å². The average Bonchev–Trinajstić information content (AvgIpc) is 2.26. The summed E-state index contributed by atoms with van der Waals surface area (Å²) in [7, 11) is 0. The summed E-state index contributed by atoms with van der Waals surface area (Å²) in [6.07, 6.45) is 3.03. The van der Waals surface area contributed by atoms with Crippen LogP contribution in [0.2, 0.25) is 0 Å². The molecule has 4 nitrogen and oxygen atoms in total. The molecule has 0 aliphatic carbocycles. The van der Waals surface area contributed by atoms with Crippen LogP contribution < -0.4 is 5.32 Å². The Labute approximate surface area is 89.7 Å². The summed E-state index contributed by atoms with van der Waals surface area (Å²) in [6, 6.07) is 5.62. The van der Waals surface area contributed by atoms with Gasteiger partial charge in [-0.05, 0) is 18.6 Å². The van der Waals surface area contributed by atoms with Crippen molar-refractivity contribution in [1.29, 1.82) is 0 Å². The van der Waals surface area contributed by atoms with Crippen molar-refractivity contribution in [2.45, 2.75) is 19.8 Å². The first kappa shape index (κ1) is 11.5. The first-order valence-electron chi connectivity index (χ1n) is 5.13. The summed E-state index contributed by atoms with van der Waals surface area (Å²) in [4.78, 5) is 15.1. The number of pyridine rings is 1. The van der Waals surface area contributed by atoms with E-state index in [1.54, 1.807) is 6.20 Å². The zero-order valence-electron chi connectivity index (χ0n) is 8.90. The number of nitrogens with zero attached hydrogens (tertiary/aromatic N) is 1. The molecule has 1 aromatic rings. The highest BCUT2D eigenvalue weighted by molar-refractivity contribution is 5.69. The molecule has 0 radical (unpaired) electrons. The molecule has 1 rings (SSSR count). The Kier molecular flexibility index (Phi) is 5.22. The van der Waals surface area contributed by atoms with E-state index in [9.17, 15) is 4.79 Å². The van der Waals surface area contributed by atoms with Crippen LogP contribution in [-0.4, -0.2) is 24.1 Å². The first-order chi connectivity index (χ1) is 7.33. The van der Waals surface area contributed by atoms with Crippen molar-refractivity contribution in [3.63, 3.8) is 0 Å². The third-order valence-corrected chi connectivity index (χ3v) is 1.79. The summed E-state index contributed by atoms with van der Waals surface area (Å²) >= 11 is 0. The second-order valence-corrected chi connectivity index (χ2v) is 3.11. The molecule has 0 unspecified atom stereocenters. The van der Waals surface area contributed by atoms with Gasteiger partial charge in [-0.2, -0.15) is 0 Å². The van der Waals surface area contributed by atoms with Crippen LogP contribution in [0.5, 0.6) is 0 Å². The van der Waals surface area contributed by atoms with Crippen molar-refractivity contribution in [2.75, 3.05) is 18.5 Å². The number of ether oxygens (including phenoxy) is 1. The number of hydrogen-bond acceptors (Lipinski definition) is 4. The van der Waals surface area contributed by atoms with E-state index in [2.05, 4.69) is 10.3 Å². The van der Waals surface area contributed by atoms with E-state index >= 15 is 0 Å². The molecule has 1 N–H and O–H groups in total. The number of carbonyl (C=O) groups excluding carboxylic acids is 1. The van der Waals surface area contributed by atoms with Crippen molar-refractivity contribution in [1.82, 2.24) is 4.98 Å². The summed E-state index contributed by atoms with van der Waals surface area (Å²) in [5.74, 6) is 0.657. The zero-order chi connectivity index (χ0) is 10.9. The minimum Gasteiger partial charge on any atom is -0.464 e. The normalized spacial score (nSPS) is 9.67. The van der Waals surface area contributed by atoms with Crippen LogP contribution in [0.3, 0.4) is 0 Å². The molecule has 1 aromatic heterocycles. The van der Waals surface area contributed by atoms with Gasteiger partial charge < -0.3 is 10.1 Å². The lowest BCUT2D eigenvalue weighted by Crippen LogP contribution is -2.13. The van der Waals surface area contributed by atoms with Gasteiger partial charge in [0.15, 0.2) is 0 Å². The predicted octanol–water partition coefficient (Wildman–Crippen LogP) is 1.84. The number of esters is 1. The van der Waals surface area contributed by atoms with E-state index < -0.39 is 0 Å². The smallest absolute Gasteiger partial charge is 0.305 e. The first-order valence-corrected chi connectivity index (χ1v) is 5.13. The Bertz CT molecular complexity index is 288. The quantitative estimate of drug-likeness (QED) is 0.572. The molecule has 0 aromatic carbocycles. The number of hydrogen-bond donors (Lipinski definition) is 1. The minimum atomic E-state index is -0.139. The molecular formula is C11H16N2O2. The fourth-order valence-corrected chi connectivity index (χ4v) is 1.09. The van der Waals surface area contributed by atoms with Gasteiger partial charge in [0.1, 0.15) is 12.4 Å². The second-order valence-electron chi connectivity index (χ2n) is 3.11. The Morgan fingerprint density at radius 2 is 2.40 bits per heavy atom. The van der Waals surface area contributed by atoms with E-state index in [1.807, 2.05) is 25.1 Å².